The summed E-state index contributed by atoms with van der Waals surface area (Å²) < 4.78 is 0. The van der Waals surface area contributed by atoms with Crippen molar-refractivity contribution in [1.29, 1.82) is 0 Å². The zero-order valence-corrected chi connectivity index (χ0v) is 10.5. The molecule has 1 fully saturated rings. The van der Waals surface area contributed by atoms with Crippen LogP contribution in [-0.4, -0.2) is 17.6 Å². The molecule has 0 spiro atoms. The molecule has 1 aromatic carbocycles. The van der Waals surface area contributed by atoms with Crippen molar-refractivity contribution in [3.8, 4) is 0 Å². The highest BCUT2D eigenvalue weighted by atomic mass is 35.5. The lowest BCUT2D eigenvalue weighted by molar-refractivity contribution is -0.139. The van der Waals surface area contributed by atoms with E-state index in [0.717, 1.165) is 12.1 Å². The van der Waals surface area contributed by atoms with Gasteiger partial charge in [-0.15, -0.1) is 0 Å². The van der Waals surface area contributed by atoms with Gasteiger partial charge in [0.1, 0.15) is 6.04 Å². The van der Waals surface area contributed by atoms with Gasteiger partial charge in [0, 0.05) is 5.02 Å². The highest BCUT2D eigenvalue weighted by Crippen LogP contribution is 2.29. The van der Waals surface area contributed by atoms with E-state index in [4.69, 9.17) is 11.6 Å². The molecule has 1 aliphatic carbocycles. The normalized spacial score (nSPS) is 16.8. The maximum Gasteiger partial charge on any atom is 0.325 e. The van der Waals surface area contributed by atoms with E-state index in [1.165, 1.54) is 12.8 Å². The summed E-state index contributed by atoms with van der Waals surface area (Å²) in [5.74, 6) is -0.205. The minimum Gasteiger partial charge on any atom is -0.480 e. The van der Waals surface area contributed by atoms with E-state index in [9.17, 15) is 9.90 Å². The summed E-state index contributed by atoms with van der Waals surface area (Å²) in [5, 5.41) is 12.9. The van der Waals surface area contributed by atoms with Crippen molar-refractivity contribution in [1.82, 2.24) is 5.32 Å². The molecule has 0 aliphatic heterocycles. The van der Waals surface area contributed by atoms with Crippen molar-refractivity contribution in [2.45, 2.75) is 25.8 Å². The highest BCUT2D eigenvalue weighted by Gasteiger charge is 2.25. The van der Waals surface area contributed by atoms with Gasteiger partial charge in [-0.2, -0.15) is 0 Å². The summed E-state index contributed by atoms with van der Waals surface area (Å²) in [5.41, 5.74) is 1.68. The van der Waals surface area contributed by atoms with Crippen LogP contribution in [0.15, 0.2) is 18.2 Å². The monoisotopic (exact) mass is 253 g/mol. The summed E-state index contributed by atoms with van der Waals surface area (Å²) in [6.07, 6.45) is 2.40. The molecule has 2 N–H and O–H groups in total. The highest BCUT2D eigenvalue weighted by molar-refractivity contribution is 6.31. The Labute approximate surface area is 106 Å². The molecule has 1 unspecified atom stereocenters. The molecule has 0 heterocycles. The Kier molecular flexibility index (Phi) is 3.69. The summed E-state index contributed by atoms with van der Waals surface area (Å²) in [6.45, 7) is 2.67. The second kappa shape index (κ2) is 5.07. The predicted molar refractivity (Wildman–Crippen MR) is 67.3 cm³/mol. The number of carboxylic acids is 1. The van der Waals surface area contributed by atoms with E-state index >= 15 is 0 Å². The third-order valence-corrected chi connectivity index (χ3v) is 3.49. The molecule has 4 heteroatoms. The first-order valence-electron chi connectivity index (χ1n) is 5.80. The van der Waals surface area contributed by atoms with E-state index < -0.39 is 12.0 Å². The molecule has 1 atom stereocenters. The third-order valence-electron chi connectivity index (χ3n) is 3.08. The minimum absolute atomic E-state index is 0.613. The number of hydrogen-bond donors (Lipinski definition) is 2. The summed E-state index contributed by atoms with van der Waals surface area (Å²) >= 11 is 6.02. The van der Waals surface area contributed by atoms with Gasteiger partial charge in [-0.05, 0) is 49.4 Å². The van der Waals surface area contributed by atoms with Gasteiger partial charge in [0.05, 0.1) is 0 Å². The molecule has 17 heavy (non-hydrogen) atoms. The van der Waals surface area contributed by atoms with Gasteiger partial charge >= 0.3 is 5.97 Å². The zero-order valence-electron chi connectivity index (χ0n) is 9.74. The number of halogens is 1. The topological polar surface area (TPSA) is 49.3 Å². The Morgan fingerprint density at radius 3 is 2.82 bits per heavy atom. The Morgan fingerprint density at radius 1 is 1.59 bits per heavy atom. The molecule has 0 aromatic heterocycles. The first kappa shape index (κ1) is 12.4. The molecule has 3 nitrogen and oxygen atoms in total. The SMILES string of the molecule is Cc1ccc(C(NCC2CC2)C(=O)O)cc1Cl. The van der Waals surface area contributed by atoms with Gasteiger partial charge in [-0.3, -0.25) is 4.79 Å². The lowest BCUT2D eigenvalue weighted by atomic mass is 10.0. The summed E-state index contributed by atoms with van der Waals surface area (Å²) in [4.78, 5) is 11.2. The number of hydrogen-bond acceptors (Lipinski definition) is 2. The van der Waals surface area contributed by atoms with Crippen molar-refractivity contribution in [2.24, 2.45) is 5.92 Å². The smallest absolute Gasteiger partial charge is 0.325 e. The Morgan fingerprint density at radius 2 is 2.29 bits per heavy atom. The number of aryl methyl sites for hydroxylation is 1. The van der Waals surface area contributed by atoms with Gasteiger partial charge < -0.3 is 10.4 Å². The number of carbonyl (C=O) groups is 1. The van der Waals surface area contributed by atoms with Crippen LogP contribution in [-0.2, 0) is 4.79 Å². The van der Waals surface area contributed by atoms with Crippen LogP contribution >= 0.6 is 11.6 Å². The third kappa shape index (κ3) is 3.20. The lowest BCUT2D eigenvalue weighted by Gasteiger charge is -2.15. The average Bonchev–Trinajstić information content (AvgIpc) is 3.07. The predicted octanol–water partition coefficient (Wildman–Crippen LogP) is 2.77. The van der Waals surface area contributed by atoms with Crippen LogP contribution in [0.3, 0.4) is 0 Å². The van der Waals surface area contributed by atoms with Crippen LogP contribution in [0.2, 0.25) is 5.02 Å². The second-order valence-electron chi connectivity index (χ2n) is 4.63. The Bertz CT molecular complexity index is 429. The number of nitrogens with one attached hydrogen (secondary N) is 1. The average molecular weight is 254 g/mol. The largest absolute Gasteiger partial charge is 0.480 e. The molecule has 1 saturated carbocycles. The fraction of sp³-hybridized carbons (Fsp3) is 0.462. The van der Waals surface area contributed by atoms with Crippen molar-refractivity contribution in [3.63, 3.8) is 0 Å². The van der Waals surface area contributed by atoms with Crippen LogP contribution in [0.25, 0.3) is 0 Å². The van der Waals surface area contributed by atoms with Crippen LogP contribution < -0.4 is 5.32 Å². The summed E-state index contributed by atoms with van der Waals surface area (Å²) in [7, 11) is 0. The van der Waals surface area contributed by atoms with Crippen molar-refractivity contribution >= 4 is 17.6 Å². The molecule has 1 aliphatic rings. The van der Waals surface area contributed by atoms with E-state index in [1.807, 2.05) is 19.1 Å². The number of rotatable bonds is 5. The standard InChI is InChI=1S/C13H16ClNO2/c1-8-2-5-10(6-11(8)14)12(13(16)17)15-7-9-3-4-9/h2,5-6,9,12,15H,3-4,7H2,1H3,(H,16,17). The van der Waals surface area contributed by atoms with Gasteiger partial charge in [0.2, 0.25) is 0 Å². The molecular formula is C13H16ClNO2. The van der Waals surface area contributed by atoms with E-state index in [1.54, 1.807) is 6.07 Å². The second-order valence-corrected chi connectivity index (χ2v) is 5.04. The fourth-order valence-electron chi connectivity index (χ4n) is 1.74. The molecule has 0 saturated heterocycles. The molecule has 1 aromatic rings. The molecule has 2 rings (SSSR count). The molecule has 92 valence electrons. The quantitative estimate of drug-likeness (QED) is 0.848. The summed E-state index contributed by atoms with van der Waals surface area (Å²) in [6, 6.07) is 4.75. The van der Waals surface area contributed by atoms with E-state index in [0.29, 0.717) is 16.5 Å². The lowest BCUT2D eigenvalue weighted by Crippen LogP contribution is -2.30. The number of aliphatic carboxylic acids is 1. The number of carboxylic acid groups (broad SMARTS) is 1. The van der Waals surface area contributed by atoms with Gasteiger partial charge in [-0.1, -0.05) is 23.7 Å². The number of benzene rings is 1. The molecule has 0 radical (unpaired) electrons. The maximum absolute atomic E-state index is 11.2. The van der Waals surface area contributed by atoms with Crippen molar-refractivity contribution in [2.75, 3.05) is 6.54 Å². The van der Waals surface area contributed by atoms with Crippen molar-refractivity contribution < 1.29 is 9.90 Å². The maximum atomic E-state index is 11.2. The molecule has 0 bridgehead atoms. The van der Waals surface area contributed by atoms with Crippen molar-refractivity contribution in [3.05, 3.63) is 34.3 Å². The Balaban J connectivity index is 2.12. The van der Waals surface area contributed by atoms with Gasteiger partial charge in [0.15, 0.2) is 0 Å². The molecule has 0 amide bonds. The van der Waals surface area contributed by atoms with Crippen LogP contribution in [0.1, 0.15) is 30.0 Å². The Hall–Kier alpha value is -1.06. The van der Waals surface area contributed by atoms with Crippen LogP contribution in [0.5, 0.6) is 0 Å². The van der Waals surface area contributed by atoms with Gasteiger partial charge in [0.25, 0.3) is 0 Å². The first-order valence-corrected chi connectivity index (χ1v) is 6.18. The molecular weight excluding hydrogens is 238 g/mol. The van der Waals surface area contributed by atoms with E-state index in [2.05, 4.69) is 5.32 Å². The van der Waals surface area contributed by atoms with Crippen LogP contribution in [0, 0.1) is 12.8 Å². The van der Waals surface area contributed by atoms with Gasteiger partial charge in [-0.25, -0.2) is 0 Å². The first-order chi connectivity index (χ1) is 8.08. The van der Waals surface area contributed by atoms with E-state index in [-0.39, 0.29) is 0 Å². The fourth-order valence-corrected chi connectivity index (χ4v) is 1.93. The zero-order chi connectivity index (χ0) is 12.4. The minimum atomic E-state index is -0.856. The van der Waals surface area contributed by atoms with Crippen LogP contribution in [0.4, 0.5) is 0 Å².